The van der Waals surface area contributed by atoms with Gasteiger partial charge in [-0.3, -0.25) is 0 Å². The number of halogens is 1. The lowest BCUT2D eigenvalue weighted by Crippen LogP contribution is -2.45. The lowest BCUT2D eigenvalue weighted by molar-refractivity contribution is 0.0697. The number of carboxylic acid groups (broad SMARTS) is 1. The molecule has 0 heterocycles. The number of hydrogen-bond donors (Lipinski definition) is 3. The summed E-state index contributed by atoms with van der Waals surface area (Å²) in [5.41, 5.74) is -0.643. The smallest absolute Gasteiger partial charge is 0.337 e. The average Bonchev–Trinajstić information content (AvgIpc) is 2.30. The van der Waals surface area contributed by atoms with Crippen molar-refractivity contribution in [2.45, 2.75) is 32.7 Å². The van der Waals surface area contributed by atoms with Crippen LogP contribution in [0.5, 0.6) is 0 Å². The molecule has 19 heavy (non-hydrogen) atoms. The Kier molecular flexibility index (Phi) is 4.47. The fraction of sp³-hybridized carbons (Fsp3) is 0.385. The standard InChI is InChI=1S/C13H17FN2O3/c1-4-13(2,3)16-12(19)15-10-6-5-8(14)7-9(10)11(17)18/h5-7H,4H2,1-3H3,(H,17,18)(H2,15,16,19). The van der Waals surface area contributed by atoms with Gasteiger partial charge in [-0.05, 0) is 38.5 Å². The van der Waals surface area contributed by atoms with Gasteiger partial charge in [0, 0.05) is 5.54 Å². The van der Waals surface area contributed by atoms with Gasteiger partial charge in [-0.25, -0.2) is 14.0 Å². The van der Waals surface area contributed by atoms with Gasteiger partial charge < -0.3 is 15.7 Å². The Bertz CT molecular complexity index is 501. The SMILES string of the molecule is CCC(C)(C)NC(=O)Nc1ccc(F)cc1C(=O)O. The fourth-order valence-electron chi connectivity index (χ4n) is 1.35. The van der Waals surface area contributed by atoms with Crippen molar-refractivity contribution in [3.05, 3.63) is 29.6 Å². The third-order valence-corrected chi connectivity index (χ3v) is 2.80. The number of hydrogen-bond acceptors (Lipinski definition) is 2. The molecule has 0 spiro atoms. The first-order valence-electron chi connectivity index (χ1n) is 5.87. The van der Waals surface area contributed by atoms with Gasteiger partial charge in [0.2, 0.25) is 0 Å². The van der Waals surface area contributed by atoms with Crippen LogP contribution >= 0.6 is 0 Å². The third-order valence-electron chi connectivity index (χ3n) is 2.80. The van der Waals surface area contributed by atoms with Crippen LogP contribution in [0.3, 0.4) is 0 Å². The van der Waals surface area contributed by atoms with Crippen LogP contribution in [0, 0.1) is 5.82 Å². The quantitative estimate of drug-likeness (QED) is 0.785. The van der Waals surface area contributed by atoms with Crippen LogP contribution in [-0.2, 0) is 0 Å². The first-order chi connectivity index (χ1) is 8.75. The maximum Gasteiger partial charge on any atom is 0.337 e. The summed E-state index contributed by atoms with van der Waals surface area (Å²) in [6.07, 6.45) is 0.718. The van der Waals surface area contributed by atoms with Gasteiger partial charge in [-0.1, -0.05) is 6.92 Å². The Hall–Kier alpha value is -2.11. The Morgan fingerprint density at radius 1 is 1.37 bits per heavy atom. The van der Waals surface area contributed by atoms with Gasteiger partial charge in [0.1, 0.15) is 5.82 Å². The minimum absolute atomic E-state index is 0.0540. The number of anilines is 1. The average molecular weight is 268 g/mol. The first-order valence-corrected chi connectivity index (χ1v) is 5.87. The molecule has 3 N–H and O–H groups in total. The van der Waals surface area contributed by atoms with E-state index in [9.17, 15) is 14.0 Å². The molecule has 0 aliphatic rings. The highest BCUT2D eigenvalue weighted by Crippen LogP contribution is 2.17. The summed E-state index contributed by atoms with van der Waals surface area (Å²) in [5.74, 6) is -1.97. The molecule has 0 fully saturated rings. The van der Waals surface area contributed by atoms with Crippen LogP contribution in [0.4, 0.5) is 14.9 Å². The first kappa shape index (κ1) is 14.9. The summed E-state index contributed by atoms with van der Waals surface area (Å²) in [5, 5.41) is 14.1. The van der Waals surface area contributed by atoms with Crippen LogP contribution in [-0.4, -0.2) is 22.6 Å². The van der Waals surface area contributed by atoms with Gasteiger partial charge in [0.15, 0.2) is 0 Å². The van der Waals surface area contributed by atoms with Gasteiger partial charge in [0.05, 0.1) is 11.3 Å². The van der Waals surface area contributed by atoms with Crippen LogP contribution in [0.2, 0.25) is 0 Å². The number of carboxylic acids is 1. The minimum atomic E-state index is -1.30. The van der Waals surface area contributed by atoms with Crippen LogP contribution in [0.15, 0.2) is 18.2 Å². The molecule has 1 rings (SSSR count). The maximum absolute atomic E-state index is 13.0. The Morgan fingerprint density at radius 2 is 2.00 bits per heavy atom. The molecular formula is C13H17FN2O3. The molecule has 0 aliphatic heterocycles. The molecule has 0 unspecified atom stereocenters. The van der Waals surface area contributed by atoms with E-state index < -0.39 is 23.4 Å². The van der Waals surface area contributed by atoms with E-state index >= 15 is 0 Å². The number of aromatic carboxylic acids is 1. The number of carbonyl (C=O) groups excluding carboxylic acids is 1. The van der Waals surface area contributed by atoms with Crippen molar-refractivity contribution in [1.29, 1.82) is 0 Å². The molecule has 0 saturated heterocycles. The molecule has 1 aromatic carbocycles. The highest BCUT2D eigenvalue weighted by molar-refractivity contribution is 6.00. The molecule has 0 aromatic heterocycles. The van der Waals surface area contributed by atoms with E-state index in [4.69, 9.17) is 5.11 Å². The minimum Gasteiger partial charge on any atom is -0.478 e. The molecule has 6 heteroatoms. The molecule has 2 amide bonds. The van der Waals surface area contributed by atoms with Gasteiger partial charge in [-0.2, -0.15) is 0 Å². The summed E-state index contributed by atoms with van der Waals surface area (Å²) in [4.78, 5) is 22.7. The third kappa shape index (κ3) is 4.24. The van der Waals surface area contributed by atoms with E-state index in [1.165, 1.54) is 6.07 Å². The maximum atomic E-state index is 13.0. The lowest BCUT2D eigenvalue weighted by Gasteiger charge is -2.24. The van der Waals surface area contributed by atoms with Gasteiger partial charge >= 0.3 is 12.0 Å². The summed E-state index contributed by atoms with van der Waals surface area (Å²) in [7, 11) is 0. The van der Waals surface area contributed by atoms with Crippen molar-refractivity contribution in [3.63, 3.8) is 0 Å². The molecule has 5 nitrogen and oxygen atoms in total. The van der Waals surface area contributed by atoms with E-state index in [1.807, 2.05) is 20.8 Å². The fourth-order valence-corrected chi connectivity index (χ4v) is 1.35. The van der Waals surface area contributed by atoms with Crippen molar-refractivity contribution >= 4 is 17.7 Å². The number of amides is 2. The van der Waals surface area contributed by atoms with E-state index in [2.05, 4.69) is 10.6 Å². The Balaban J connectivity index is 2.88. The molecule has 0 radical (unpaired) electrons. The normalized spacial score (nSPS) is 10.9. The molecule has 0 aliphatic carbocycles. The van der Waals surface area contributed by atoms with Gasteiger partial charge in [-0.15, -0.1) is 0 Å². The number of urea groups is 1. The topological polar surface area (TPSA) is 78.4 Å². The highest BCUT2D eigenvalue weighted by atomic mass is 19.1. The lowest BCUT2D eigenvalue weighted by atomic mass is 10.0. The summed E-state index contributed by atoms with van der Waals surface area (Å²) >= 11 is 0. The van der Waals surface area contributed by atoms with Crippen molar-refractivity contribution in [2.75, 3.05) is 5.32 Å². The summed E-state index contributed by atoms with van der Waals surface area (Å²) < 4.78 is 13.0. The molecule has 1 aromatic rings. The number of benzene rings is 1. The Morgan fingerprint density at radius 3 is 2.53 bits per heavy atom. The number of nitrogens with one attached hydrogen (secondary N) is 2. The highest BCUT2D eigenvalue weighted by Gasteiger charge is 2.19. The number of rotatable bonds is 4. The summed E-state index contributed by atoms with van der Waals surface area (Å²) in [6.45, 7) is 5.60. The second-order valence-electron chi connectivity index (χ2n) is 4.81. The van der Waals surface area contributed by atoms with Gasteiger partial charge in [0.25, 0.3) is 0 Å². The Labute approximate surface area is 110 Å². The zero-order valence-corrected chi connectivity index (χ0v) is 11.1. The van der Waals surface area contributed by atoms with Crippen molar-refractivity contribution in [3.8, 4) is 0 Å². The largest absolute Gasteiger partial charge is 0.478 e. The molecule has 104 valence electrons. The predicted octanol–water partition coefficient (Wildman–Crippen LogP) is 2.83. The van der Waals surface area contributed by atoms with E-state index in [0.29, 0.717) is 0 Å². The van der Waals surface area contributed by atoms with Crippen molar-refractivity contribution in [2.24, 2.45) is 0 Å². The van der Waals surface area contributed by atoms with Crippen LogP contribution in [0.1, 0.15) is 37.6 Å². The second-order valence-corrected chi connectivity index (χ2v) is 4.81. The summed E-state index contributed by atoms with van der Waals surface area (Å²) in [6, 6.07) is 2.65. The molecule has 0 saturated carbocycles. The van der Waals surface area contributed by atoms with Crippen LogP contribution < -0.4 is 10.6 Å². The molecule has 0 bridgehead atoms. The van der Waals surface area contributed by atoms with E-state index in [-0.39, 0.29) is 11.3 Å². The molecule has 0 atom stereocenters. The molecular weight excluding hydrogens is 251 g/mol. The van der Waals surface area contributed by atoms with Crippen molar-refractivity contribution < 1.29 is 19.1 Å². The second kappa shape index (κ2) is 5.69. The van der Waals surface area contributed by atoms with Crippen molar-refractivity contribution in [1.82, 2.24) is 5.32 Å². The predicted molar refractivity (Wildman–Crippen MR) is 69.9 cm³/mol. The zero-order valence-electron chi connectivity index (χ0n) is 11.1. The van der Waals surface area contributed by atoms with Crippen LogP contribution in [0.25, 0.3) is 0 Å². The monoisotopic (exact) mass is 268 g/mol. The van der Waals surface area contributed by atoms with E-state index in [0.717, 1.165) is 18.6 Å². The van der Waals surface area contributed by atoms with E-state index in [1.54, 1.807) is 0 Å². The number of carbonyl (C=O) groups is 2. The zero-order chi connectivity index (χ0) is 14.6.